The molecular formula is C21H17ClFNO2. The third kappa shape index (κ3) is 3.06. The van der Waals surface area contributed by atoms with E-state index in [1.807, 2.05) is 18.2 Å². The van der Waals surface area contributed by atoms with Gasteiger partial charge in [-0.05, 0) is 41.7 Å². The predicted octanol–water partition coefficient (Wildman–Crippen LogP) is 4.48. The number of hydrogen-bond donors (Lipinski definition) is 1. The van der Waals surface area contributed by atoms with Crippen LogP contribution in [0.1, 0.15) is 42.2 Å². The van der Waals surface area contributed by atoms with E-state index in [0.717, 1.165) is 11.1 Å². The molecule has 1 N–H and O–H groups in total. The molecule has 0 spiro atoms. The molecule has 1 aliphatic heterocycles. The lowest BCUT2D eigenvalue weighted by Gasteiger charge is -2.34. The summed E-state index contributed by atoms with van der Waals surface area (Å²) >= 11 is 6.32. The van der Waals surface area contributed by atoms with Crippen molar-refractivity contribution in [2.75, 3.05) is 0 Å². The number of benzene rings is 2. The van der Waals surface area contributed by atoms with E-state index < -0.39 is 0 Å². The molecule has 2 aromatic rings. The zero-order chi connectivity index (χ0) is 18.3. The first-order valence-corrected chi connectivity index (χ1v) is 8.96. The average Bonchev–Trinajstić information content (AvgIpc) is 2.61. The van der Waals surface area contributed by atoms with Crippen LogP contribution in [-0.2, 0) is 9.59 Å². The van der Waals surface area contributed by atoms with Gasteiger partial charge in [-0.3, -0.25) is 9.59 Å². The van der Waals surface area contributed by atoms with Crippen molar-refractivity contribution in [1.29, 1.82) is 0 Å². The van der Waals surface area contributed by atoms with Crippen LogP contribution in [0.25, 0.3) is 0 Å². The van der Waals surface area contributed by atoms with Gasteiger partial charge in [-0.15, -0.1) is 0 Å². The molecule has 3 nitrogen and oxygen atoms in total. The van der Waals surface area contributed by atoms with Crippen molar-refractivity contribution in [3.63, 3.8) is 0 Å². The fourth-order valence-corrected chi connectivity index (χ4v) is 4.22. The van der Waals surface area contributed by atoms with Gasteiger partial charge in [0.25, 0.3) is 0 Å². The second kappa shape index (κ2) is 6.69. The number of Topliss-reactive ketones (excluding diaryl/α,β-unsaturated/α-hetero) is 1. The highest BCUT2D eigenvalue weighted by molar-refractivity contribution is 6.31. The standard InChI is InChI=1S/C21H17ClFNO2/c22-17-4-2-1-3-15(17)16-11-20(26)24-18-9-13(10-19(25)21(16)18)12-5-7-14(23)8-6-12/h1-8,13,16H,9-11H2,(H,24,26)/t13-,16+/m1/s1. The van der Waals surface area contributed by atoms with Gasteiger partial charge in [0.05, 0.1) is 0 Å². The van der Waals surface area contributed by atoms with Crippen molar-refractivity contribution in [2.45, 2.75) is 31.1 Å². The molecule has 2 aliphatic rings. The van der Waals surface area contributed by atoms with Crippen LogP contribution in [-0.4, -0.2) is 11.7 Å². The molecule has 0 fully saturated rings. The Morgan fingerprint density at radius 2 is 1.69 bits per heavy atom. The van der Waals surface area contributed by atoms with Crippen molar-refractivity contribution in [2.24, 2.45) is 0 Å². The second-order valence-corrected chi connectivity index (χ2v) is 7.21. The average molecular weight is 370 g/mol. The van der Waals surface area contributed by atoms with Crippen LogP contribution in [0.2, 0.25) is 5.02 Å². The Morgan fingerprint density at radius 1 is 0.962 bits per heavy atom. The lowest BCUT2D eigenvalue weighted by molar-refractivity contribution is -0.122. The zero-order valence-corrected chi connectivity index (χ0v) is 14.7. The van der Waals surface area contributed by atoms with Crippen molar-refractivity contribution < 1.29 is 14.0 Å². The quantitative estimate of drug-likeness (QED) is 0.848. The fraction of sp³-hybridized carbons (Fsp3) is 0.238. The molecule has 132 valence electrons. The summed E-state index contributed by atoms with van der Waals surface area (Å²) in [5.74, 6) is -0.770. The van der Waals surface area contributed by atoms with E-state index in [0.29, 0.717) is 29.1 Å². The van der Waals surface area contributed by atoms with Crippen LogP contribution in [0.3, 0.4) is 0 Å². The Morgan fingerprint density at radius 3 is 2.42 bits per heavy atom. The molecule has 1 amide bonds. The third-order valence-corrected chi connectivity index (χ3v) is 5.50. The van der Waals surface area contributed by atoms with Crippen LogP contribution in [0.5, 0.6) is 0 Å². The third-order valence-electron chi connectivity index (χ3n) is 5.16. The molecule has 26 heavy (non-hydrogen) atoms. The molecule has 5 heteroatoms. The summed E-state index contributed by atoms with van der Waals surface area (Å²) in [5, 5.41) is 3.44. The molecule has 4 rings (SSSR count). The number of carbonyl (C=O) groups excluding carboxylic acids is 2. The van der Waals surface area contributed by atoms with Crippen LogP contribution in [0.15, 0.2) is 59.8 Å². The van der Waals surface area contributed by atoms with Crippen molar-refractivity contribution >= 4 is 23.3 Å². The minimum absolute atomic E-state index is 0.0190. The lowest BCUT2D eigenvalue weighted by atomic mass is 9.73. The van der Waals surface area contributed by atoms with E-state index in [-0.39, 0.29) is 35.8 Å². The number of ketones is 1. The number of hydrogen-bond acceptors (Lipinski definition) is 2. The van der Waals surface area contributed by atoms with Gasteiger partial charge in [-0.25, -0.2) is 4.39 Å². The molecule has 1 heterocycles. The van der Waals surface area contributed by atoms with E-state index in [4.69, 9.17) is 11.6 Å². The number of amides is 1. The van der Waals surface area contributed by atoms with Gasteiger partial charge in [-0.2, -0.15) is 0 Å². The van der Waals surface area contributed by atoms with E-state index in [1.165, 1.54) is 12.1 Å². The van der Waals surface area contributed by atoms with E-state index >= 15 is 0 Å². The molecule has 2 aromatic carbocycles. The highest BCUT2D eigenvalue weighted by Crippen LogP contribution is 2.43. The number of rotatable bonds is 2. The molecular weight excluding hydrogens is 353 g/mol. The lowest BCUT2D eigenvalue weighted by Crippen LogP contribution is -2.38. The summed E-state index contributed by atoms with van der Waals surface area (Å²) in [7, 11) is 0. The monoisotopic (exact) mass is 369 g/mol. The molecule has 2 atom stereocenters. The number of allylic oxidation sites excluding steroid dienone is 2. The summed E-state index contributed by atoms with van der Waals surface area (Å²) in [6.45, 7) is 0. The van der Waals surface area contributed by atoms with Gasteiger partial charge in [0, 0.05) is 35.1 Å². The van der Waals surface area contributed by atoms with E-state index in [1.54, 1.807) is 18.2 Å². The number of carbonyl (C=O) groups is 2. The Hall–Kier alpha value is -2.46. The summed E-state index contributed by atoms with van der Waals surface area (Å²) in [4.78, 5) is 25.2. The largest absolute Gasteiger partial charge is 0.329 e. The molecule has 0 unspecified atom stereocenters. The van der Waals surface area contributed by atoms with Gasteiger partial charge in [0.2, 0.25) is 5.91 Å². The first-order valence-electron chi connectivity index (χ1n) is 8.59. The molecule has 0 radical (unpaired) electrons. The number of halogens is 2. The first-order chi connectivity index (χ1) is 12.5. The summed E-state index contributed by atoms with van der Waals surface area (Å²) in [6, 6.07) is 13.5. The van der Waals surface area contributed by atoms with Gasteiger partial charge >= 0.3 is 0 Å². The Labute approximate surface area is 155 Å². The van der Waals surface area contributed by atoms with E-state index in [9.17, 15) is 14.0 Å². The Kier molecular flexibility index (Phi) is 4.37. The molecule has 0 aromatic heterocycles. The molecule has 0 bridgehead atoms. The summed E-state index contributed by atoms with van der Waals surface area (Å²) < 4.78 is 13.2. The van der Waals surface area contributed by atoms with Crippen LogP contribution >= 0.6 is 11.6 Å². The van der Waals surface area contributed by atoms with Gasteiger partial charge in [0.15, 0.2) is 5.78 Å². The van der Waals surface area contributed by atoms with Gasteiger partial charge in [-0.1, -0.05) is 41.9 Å². The second-order valence-electron chi connectivity index (χ2n) is 6.80. The Balaban J connectivity index is 1.73. The maximum absolute atomic E-state index is 13.2. The van der Waals surface area contributed by atoms with Crippen LogP contribution < -0.4 is 5.32 Å². The van der Waals surface area contributed by atoms with E-state index in [2.05, 4.69) is 5.32 Å². The normalized spacial score (nSPS) is 22.8. The topological polar surface area (TPSA) is 46.2 Å². The van der Waals surface area contributed by atoms with Gasteiger partial charge < -0.3 is 5.32 Å². The first kappa shape index (κ1) is 17.0. The maximum Gasteiger partial charge on any atom is 0.225 e. The predicted molar refractivity (Wildman–Crippen MR) is 97.4 cm³/mol. The van der Waals surface area contributed by atoms with Crippen molar-refractivity contribution in [3.8, 4) is 0 Å². The maximum atomic E-state index is 13.2. The van der Waals surface area contributed by atoms with Gasteiger partial charge in [0.1, 0.15) is 5.82 Å². The zero-order valence-electron chi connectivity index (χ0n) is 14.0. The van der Waals surface area contributed by atoms with Crippen LogP contribution in [0.4, 0.5) is 4.39 Å². The van der Waals surface area contributed by atoms with Crippen LogP contribution in [0, 0.1) is 5.82 Å². The van der Waals surface area contributed by atoms with Crippen molar-refractivity contribution in [1.82, 2.24) is 5.32 Å². The summed E-state index contributed by atoms with van der Waals surface area (Å²) in [5.41, 5.74) is 3.05. The molecule has 1 aliphatic carbocycles. The fourth-order valence-electron chi connectivity index (χ4n) is 3.95. The Bertz CT molecular complexity index is 920. The van der Waals surface area contributed by atoms with Crippen molar-refractivity contribution in [3.05, 3.63) is 81.8 Å². The highest BCUT2D eigenvalue weighted by Gasteiger charge is 2.38. The minimum Gasteiger partial charge on any atom is -0.329 e. The minimum atomic E-state index is -0.311. The highest BCUT2D eigenvalue weighted by atomic mass is 35.5. The molecule has 0 saturated heterocycles. The molecule has 0 saturated carbocycles. The smallest absolute Gasteiger partial charge is 0.225 e. The summed E-state index contributed by atoms with van der Waals surface area (Å²) in [6.07, 6.45) is 1.12. The SMILES string of the molecule is O=C1C[C@@H](c2ccccc2Cl)C2=C(C[C@@H](c3ccc(F)cc3)CC2=O)N1. The number of nitrogens with one attached hydrogen (secondary N) is 1.